The average Bonchev–Trinajstić information content (AvgIpc) is 2.65. The Labute approximate surface area is 167 Å². The largest absolute Gasteiger partial charge is 0.416 e. The van der Waals surface area contributed by atoms with Gasteiger partial charge in [0, 0.05) is 24.1 Å². The lowest BCUT2D eigenvalue weighted by atomic mass is 10.0. The first-order valence-electron chi connectivity index (χ1n) is 8.80. The molecular weight excluding hydrogens is 385 g/mol. The Balaban J connectivity index is 2.13. The predicted octanol–water partition coefficient (Wildman–Crippen LogP) is 5.91. The number of carbonyl (C=O) groups is 1. The molecule has 0 saturated heterocycles. The first-order valence-corrected chi connectivity index (χ1v) is 9.79. The van der Waals surface area contributed by atoms with Gasteiger partial charge in [0.1, 0.15) is 0 Å². The maximum absolute atomic E-state index is 12.8. The number of halogens is 3. The van der Waals surface area contributed by atoms with Gasteiger partial charge in [0.25, 0.3) is 0 Å². The van der Waals surface area contributed by atoms with E-state index in [1.54, 1.807) is 18.5 Å². The lowest BCUT2D eigenvalue weighted by Gasteiger charge is -2.12. The van der Waals surface area contributed by atoms with Gasteiger partial charge in [0.2, 0.25) is 0 Å². The van der Waals surface area contributed by atoms with Gasteiger partial charge in [-0.3, -0.25) is 4.79 Å². The highest BCUT2D eigenvalue weighted by atomic mass is 32.2. The molecule has 0 aliphatic heterocycles. The van der Waals surface area contributed by atoms with Crippen molar-refractivity contribution >= 4 is 29.6 Å². The zero-order valence-corrected chi connectivity index (χ0v) is 17.1. The molecule has 2 aromatic rings. The van der Waals surface area contributed by atoms with Crippen LogP contribution in [0, 0.1) is 13.8 Å². The average molecular weight is 408 g/mol. The molecule has 0 bridgehead atoms. The molecule has 0 heterocycles. The lowest BCUT2D eigenvalue weighted by molar-refractivity contribution is -0.137. The molecule has 0 aliphatic carbocycles. The van der Waals surface area contributed by atoms with E-state index in [4.69, 9.17) is 0 Å². The molecule has 28 heavy (non-hydrogen) atoms. The summed E-state index contributed by atoms with van der Waals surface area (Å²) in [5.41, 5.74) is 2.32. The SMILES string of the molecule is CCN(C)/C=N\c1cc(C)c(C(=O)CSc2cccc(C(F)(F)F)c2)cc1C. The number of alkyl halides is 3. The number of carbonyl (C=O) groups excluding carboxylic acids is 1. The quantitative estimate of drug-likeness (QED) is 0.247. The van der Waals surface area contributed by atoms with Crippen LogP contribution in [0.2, 0.25) is 0 Å². The van der Waals surface area contributed by atoms with E-state index >= 15 is 0 Å². The number of nitrogens with zero attached hydrogens (tertiary/aromatic N) is 2. The topological polar surface area (TPSA) is 32.7 Å². The third kappa shape index (κ3) is 5.86. The third-order valence-corrected chi connectivity index (χ3v) is 5.26. The van der Waals surface area contributed by atoms with E-state index < -0.39 is 11.7 Å². The number of aryl methyl sites for hydroxylation is 2. The molecule has 0 aromatic heterocycles. The van der Waals surface area contributed by atoms with Crippen LogP contribution >= 0.6 is 11.8 Å². The number of hydrogen-bond acceptors (Lipinski definition) is 3. The van der Waals surface area contributed by atoms with Gasteiger partial charge in [0.05, 0.1) is 23.3 Å². The van der Waals surface area contributed by atoms with Gasteiger partial charge in [-0.2, -0.15) is 13.2 Å². The second-order valence-electron chi connectivity index (χ2n) is 6.51. The zero-order chi connectivity index (χ0) is 20.9. The monoisotopic (exact) mass is 408 g/mol. The van der Waals surface area contributed by atoms with Crippen molar-refractivity contribution in [1.82, 2.24) is 4.90 Å². The molecule has 150 valence electrons. The molecule has 0 saturated carbocycles. The van der Waals surface area contributed by atoms with Crippen molar-refractivity contribution in [3.8, 4) is 0 Å². The molecule has 2 aromatic carbocycles. The van der Waals surface area contributed by atoms with Crippen LogP contribution in [-0.2, 0) is 6.18 Å². The molecule has 0 spiro atoms. The van der Waals surface area contributed by atoms with Crippen molar-refractivity contribution in [2.75, 3.05) is 19.3 Å². The molecule has 3 nitrogen and oxygen atoms in total. The Hall–Kier alpha value is -2.28. The van der Waals surface area contributed by atoms with Crippen LogP contribution < -0.4 is 0 Å². The summed E-state index contributed by atoms with van der Waals surface area (Å²) in [5.74, 6) is -0.0489. The standard InChI is InChI=1S/C21H23F3N2OS/c1-5-26(4)13-25-19-10-14(2)18(9-15(19)3)20(27)12-28-17-8-6-7-16(11-17)21(22,23)24/h6-11,13H,5,12H2,1-4H3/b25-13-. The van der Waals surface area contributed by atoms with E-state index in [1.807, 2.05) is 38.8 Å². The molecule has 7 heteroatoms. The summed E-state index contributed by atoms with van der Waals surface area (Å²) in [7, 11) is 1.93. The van der Waals surface area contributed by atoms with Crippen molar-refractivity contribution < 1.29 is 18.0 Å². The molecule has 0 unspecified atom stereocenters. The molecule has 0 atom stereocenters. The van der Waals surface area contributed by atoms with Crippen LogP contribution in [-0.4, -0.2) is 36.4 Å². The third-order valence-electron chi connectivity index (χ3n) is 4.27. The summed E-state index contributed by atoms with van der Waals surface area (Å²) in [5, 5.41) is 0. The highest BCUT2D eigenvalue weighted by molar-refractivity contribution is 8.00. The number of ketones is 1. The van der Waals surface area contributed by atoms with E-state index in [0.717, 1.165) is 47.3 Å². The summed E-state index contributed by atoms with van der Waals surface area (Å²) in [4.78, 5) is 19.4. The molecule has 0 radical (unpaired) electrons. The minimum atomic E-state index is -4.39. The minimum absolute atomic E-state index is 0.0722. The van der Waals surface area contributed by atoms with Crippen LogP contribution in [0.1, 0.15) is 34.0 Å². The van der Waals surface area contributed by atoms with Gasteiger partial charge in [-0.05, 0) is 62.2 Å². The number of aliphatic imine (C=N–C) groups is 1. The molecule has 0 aliphatic rings. The molecule has 0 fully saturated rings. The Morgan fingerprint density at radius 1 is 1.18 bits per heavy atom. The van der Waals surface area contributed by atoms with Gasteiger partial charge in [-0.15, -0.1) is 11.8 Å². The predicted molar refractivity (Wildman–Crippen MR) is 109 cm³/mol. The molecule has 0 N–H and O–H groups in total. The minimum Gasteiger partial charge on any atom is -0.366 e. The molecule has 0 amide bonds. The number of thioether (sulfide) groups is 1. The second-order valence-corrected chi connectivity index (χ2v) is 7.56. The number of hydrogen-bond donors (Lipinski definition) is 0. The van der Waals surface area contributed by atoms with Gasteiger partial charge in [-0.25, -0.2) is 4.99 Å². The maximum atomic E-state index is 12.8. The first kappa shape index (κ1) is 22.0. The van der Waals surface area contributed by atoms with Crippen LogP contribution in [0.3, 0.4) is 0 Å². The Kier molecular flexibility index (Phi) is 7.29. The van der Waals surface area contributed by atoms with Gasteiger partial charge in [0.15, 0.2) is 5.78 Å². The zero-order valence-electron chi connectivity index (χ0n) is 16.3. The Morgan fingerprint density at radius 3 is 2.54 bits per heavy atom. The normalized spacial score (nSPS) is 11.8. The van der Waals surface area contributed by atoms with Gasteiger partial charge >= 0.3 is 6.18 Å². The fourth-order valence-corrected chi connectivity index (χ4v) is 3.31. The smallest absolute Gasteiger partial charge is 0.366 e. The number of Topliss-reactive ketones (excluding diaryl/α,β-unsaturated/α-hetero) is 1. The summed E-state index contributed by atoms with van der Waals surface area (Å²) >= 11 is 1.10. The van der Waals surface area contributed by atoms with Gasteiger partial charge in [-0.1, -0.05) is 6.07 Å². The van der Waals surface area contributed by atoms with Crippen LogP contribution in [0.5, 0.6) is 0 Å². The lowest BCUT2D eigenvalue weighted by Crippen LogP contribution is -2.14. The highest BCUT2D eigenvalue weighted by Crippen LogP contribution is 2.32. The van der Waals surface area contributed by atoms with Crippen molar-refractivity contribution in [1.29, 1.82) is 0 Å². The van der Waals surface area contributed by atoms with Crippen molar-refractivity contribution in [3.63, 3.8) is 0 Å². The van der Waals surface area contributed by atoms with Crippen LogP contribution in [0.25, 0.3) is 0 Å². The van der Waals surface area contributed by atoms with Crippen molar-refractivity contribution in [2.24, 2.45) is 4.99 Å². The van der Waals surface area contributed by atoms with E-state index in [-0.39, 0.29) is 11.5 Å². The van der Waals surface area contributed by atoms with E-state index in [2.05, 4.69) is 4.99 Å². The van der Waals surface area contributed by atoms with Crippen LogP contribution in [0.15, 0.2) is 46.3 Å². The maximum Gasteiger partial charge on any atom is 0.416 e. The second kappa shape index (κ2) is 9.28. The fourth-order valence-electron chi connectivity index (χ4n) is 2.47. The first-order chi connectivity index (χ1) is 13.1. The van der Waals surface area contributed by atoms with Crippen molar-refractivity contribution in [2.45, 2.75) is 31.8 Å². The number of benzene rings is 2. The van der Waals surface area contributed by atoms with Gasteiger partial charge < -0.3 is 4.90 Å². The fraction of sp³-hybridized carbons (Fsp3) is 0.333. The highest BCUT2D eigenvalue weighted by Gasteiger charge is 2.30. The van der Waals surface area contributed by atoms with Crippen LogP contribution in [0.4, 0.5) is 18.9 Å². The summed E-state index contributed by atoms with van der Waals surface area (Å²) in [6.45, 7) is 6.58. The van der Waals surface area contributed by atoms with E-state index in [9.17, 15) is 18.0 Å². The summed E-state index contributed by atoms with van der Waals surface area (Å²) in [6, 6.07) is 8.67. The molecule has 2 rings (SSSR count). The van der Waals surface area contributed by atoms with E-state index in [1.165, 1.54) is 6.07 Å². The summed E-state index contributed by atoms with van der Waals surface area (Å²) < 4.78 is 38.4. The molecular formula is C21H23F3N2OS. The summed E-state index contributed by atoms with van der Waals surface area (Å²) in [6.07, 6.45) is -2.65. The number of rotatable bonds is 7. The van der Waals surface area contributed by atoms with Crippen molar-refractivity contribution in [3.05, 3.63) is 58.7 Å². The Bertz CT molecular complexity index is 878. The van der Waals surface area contributed by atoms with E-state index in [0.29, 0.717) is 10.5 Å². The Morgan fingerprint density at radius 2 is 1.89 bits per heavy atom.